The van der Waals surface area contributed by atoms with Crippen molar-refractivity contribution in [3.8, 4) is 0 Å². The van der Waals surface area contributed by atoms with Gasteiger partial charge in [-0.1, -0.05) is 6.92 Å². The van der Waals surface area contributed by atoms with Gasteiger partial charge in [0.1, 0.15) is 11.7 Å². The highest BCUT2D eigenvalue weighted by Gasteiger charge is 2.48. The maximum atomic E-state index is 12.8. The summed E-state index contributed by atoms with van der Waals surface area (Å²) in [4.78, 5) is 17.1. The molecule has 3 nitrogen and oxygen atoms in total. The lowest BCUT2D eigenvalue weighted by atomic mass is 10.2. The second kappa shape index (κ2) is 5.48. The minimum absolute atomic E-state index is 0.0127. The van der Waals surface area contributed by atoms with Gasteiger partial charge in [-0.15, -0.1) is 11.3 Å². The fraction of sp³-hybridized carbons (Fsp3) is 0.667. The van der Waals surface area contributed by atoms with E-state index < -0.39 is 18.1 Å². The van der Waals surface area contributed by atoms with Crippen LogP contribution in [-0.2, 0) is 6.42 Å². The van der Waals surface area contributed by atoms with Gasteiger partial charge in [-0.3, -0.25) is 4.79 Å². The molecule has 0 saturated carbocycles. The Morgan fingerprint density at radius 3 is 2.95 bits per heavy atom. The summed E-state index contributed by atoms with van der Waals surface area (Å²) >= 11 is 1.33. The Morgan fingerprint density at radius 1 is 1.58 bits per heavy atom. The van der Waals surface area contributed by atoms with Crippen LogP contribution in [0.5, 0.6) is 0 Å². The number of alkyl halides is 3. The minimum atomic E-state index is -4.35. The van der Waals surface area contributed by atoms with E-state index in [9.17, 15) is 18.0 Å². The molecule has 0 spiro atoms. The molecule has 1 aromatic heterocycles. The average molecular weight is 292 g/mol. The highest BCUT2D eigenvalue weighted by atomic mass is 32.1. The normalized spacial score (nSPS) is 20.0. The summed E-state index contributed by atoms with van der Waals surface area (Å²) < 4.78 is 38.4. The van der Waals surface area contributed by atoms with Gasteiger partial charge in [0, 0.05) is 11.9 Å². The number of likely N-dealkylation sites (tertiary alicyclic amines) is 1. The highest BCUT2D eigenvalue weighted by molar-refractivity contribution is 7.09. The Kier molecular flexibility index (Phi) is 4.13. The number of nitrogens with zero attached hydrogens (tertiary/aromatic N) is 2. The summed E-state index contributed by atoms with van der Waals surface area (Å²) in [5.74, 6) is -0.599. The Bertz CT molecular complexity index is 458. The predicted molar refractivity (Wildman–Crippen MR) is 66.2 cm³/mol. The first kappa shape index (κ1) is 14.3. The van der Waals surface area contributed by atoms with E-state index >= 15 is 0 Å². The molecule has 0 bridgehead atoms. The number of carbonyl (C=O) groups excluding carboxylic acids is 1. The van der Waals surface area contributed by atoms with E-state index in [-0.39, 0.29) is 18.7 Å². The van der Waals surface area contributed by atoms with Crippen LogP contribution >= 0.6 is 11.3 Å². The lowest BCUT2D eigenvalue weighted by molar-refractivity contribution is -0.169. The van der Waals surface area contributed by atoms with E-state index in [0.29, 0.717) is 6.42 Å². The van der Waals surface area contributed by atoms with E-state index in [0.717, 1.165) is 22.7 Å². The molecule has 19 heavy (non-hydrogen) atoms. The molecule has 2 heterocycles. The van der Waals surface area contributed by atoms with E-state index in [4.69, 9.17) is 0 Å². The van der Waals surface area contributed by atoms with Crippen LogP contribution in [-0.4, -0.2) is 34.6 Å². The molecule has 0 aromatic carbocycles. The van der Waals surface area contributed by atoms with Gasteiger partial charge in [0.25, 0.3) is 5.91 Å². The number of carbonyl (C=O) groups is 1. The van der Waals surface area contributed by atoms with Gasteiger partial charge in [-0.05, 0) is 25.7 Å². The second-order valence-electron chi connectivity index (χ2n) is 4.57. The fourth-order valence-corrected chi connectivity index (χ4v) is 3.11. The van der Waals surface area contributed by atoms with E-state index in [1.54, 1.807) is 5.38 Å². The Labute approximate surface area is 113 Å². The lowest BCUT2D eigenvalue weighted by Crippen LogP contribution is -2.44. The zero-order valence-electron chi connectivity index (χ0n) is 10.5. The van der Waals surface area contributed by atoms with Crippen molar-refractivity contribution < 1.29 is 18.0 Å². The number of aromatic nitrogens is 1. The van der Waals surface area contributed by atoms with Crippen molar-refractivity contribution in [2.24, 2.45) is 0 Å². The molecule has 106 valence electrons. The molecular weight excluding hydrogens is 277 g/mol. The van der Waals surface area contributed by atoms with Crippen LogP contribution in [0.2, 0.25) is 0 Å². The van der Waals surface area contributed by atoms with Crippen molar-refractivity contribution >= 4 is 17.2 Å². The molecule has 7 heteroatoms. The third-order valence-electron chi connectivity index (χ3n) is 3.13. The summed E-state index contributed by atoms with van der Waals surface area (Å²) in [7, 11) is 0. The molecule has 2 rings (SSSR count). The predicted octanol–water partition coefficient (Wildman–Crippen LogP) is 3.26. The van der Waals surface area contributed by atoms with Gasteiger partial charge in [0.15, 0.2) is 0 Å². The first-order valence-corrected chi connectivity index (χ1v) is 7.13. The smallest absolute Gasteiger partial charge is 0.325 e. The molecule has 0 N–H and O–H groups in total. The van der Waals surface area contributed by atoms with Crippen molar-refractivity contribution in [2.45, 2.75) is 44.8 Å². The molecule has 0 radical (unpaired) electrons. The SMILES string of the molecule is CCCc1nc(C(=O)N2CCC[C@H]2C(F)(F)F)cs1. The van der Waals surface area contributed by atoms with Crippen molar-refractivity contribution in [1.82, 2.24) is 9.88 Å². The number of hydrogen-bond acceptors (Lipinski definition) is 3. The molecule has 1 aliphatic heterocycles. The maximum absolute atomic E-state index is 12.8. The molecule has 0 aliphatic carbocycles. The lowest BCUT2D eigenvalue weighted by Gasteiger charge is -2.25. The van der Waals surface area contributed by atoms with Gasteiger partial charge in [0.2, 0.25) is 0 Å². The van der Waals surface area contributed by atoms with Gasteiger partial charge < -0.3 is 4.90 Å². The summed E-state index contributed by atoms with van der Waals surface area (Å²) in [5, 5.41) is 2.35. The van der Waals surface area contributed by atoms with Gasteiger partial charge >= 0.3 is 6.18 Å². The molecule has 1 aromatic rings. The van der Waals surface area contributed by atoms with Gasteiger partial charge in [-0.25, -0.2) is 4.98 Å². The topological polar surface area (TPSA) is 33.2 Å². The van der Waals surface area contributed by atoms with Crippen molar-refractivity contribution in [3.05, 3.63) is 16.1 Å². The summed E-state index contributed by atoms with van der Waals surface area (Å²) in [5.41, 5.74) is 0.143. The Balaban J connectivity index is 2.14. The van der Waals surface area contributed by atoms with Crippen molar-refractivity contribution in [2.75, 3.05) is 6.54 Å². The monoisotopic (exact) mass is 292 g/mol. The quantitative estimate of drug-likeness (QED) is 0.856. The van der Waals surface area contributed by atoms with Crippen LogP contribution < -0.4 is 0 Å². The van der Waals surface area contributed by atoms with Crippen LogP contribution in [0.25, 0.3) is 0 Å². The molecule has 1 amide bonds. The minimum Gasteiger partial charge on any atom is -0.325 e. The van der Waals surface area contributed by atoms with E-state index in [1.807, 2.05) is 6.92 Å². The summed E-state index contributed by atoms with van der Waals surface area (Å²) in [6.07, 6.45) is -2.33. The van der Waals surface area contributed by atoms with Crippen LogP contribution in [0.4, 0.5) is 13.2 Å². The maximum Gasteiger partial charge on any atom is 0.408 e. The van der Waals surface area contributed by atoms with Gasteiger partial charge in [-0.2, -0.15) is 13.2 Å². The van der Waals surface area contributed by atoms with Crippen LogP contribution in [0.3, 0.4) is 0 Å². The van der Waals surface area contributed by atoms with E-state index in [2.05, 4.69) is 4.98 Å². The third kappa shape index (κ3) is 3.08. The molecule has 1 saturated heterocycles. The van der Waals surface area contributed by atoms with E-state index in [1.165, 1.54) is 11.3 Å². The summed E-state index contributed by atoms with van der Waals surface area (Å²) in [6, 6.07) is -1.66. The van der Waals surface area contributed by atoms with Crippen LogP contribution in [0, 0.1) is 0 Å². The number of rotatable bonds is 3. The van der Waals surface area contributed by atoms with Crippen LogP contribution in [0.1, 0.15) is 41.7 Å². The largest absolute Gasteiger partial charge is 0.408 e. The molecule has 0 unspecified atom stereocenters. The molecule has 1 atom stereocenters. The Morgan fingerprint density at radius 2 is 2.32 bits per heavy atom. The number of hydrogen-bond donors (Lipinski definition) is 0. The molecular formula is C12H15F3N2OS. The number of halogens is 3. The number of aryl methyl sites for hydroxylation is 1. The Hall–Kier alpha value is -1.11. The zero-order chi connectivity index (χ0) is 14.0. The fourth-order valence-electron chi connectivity index (χ4n) is 2.24. The van der Waals surface area contributed by atoms with Crippen molar-refractivity contribution in [3.63, 3.8) is 0 Å². The third-order valence-corrected chi connectivity index (χ3v) is 4.03. The molecule has 1 aliphatic rings. The summed E-state index contributed by atoms with van der Waals surface area (Å²) in [6.45, 7) is 2.15. The van der Waals surface area contributed by atoms with Gasteiger partial charge in [0.05, 0.1) is 5.01 Å². The van der Waals surface area contributed by atoms with Crippen molar-refractivity contribution in [1.29, 1.82) is 0 Å². The first-order valence-electron chi connectivity index (χ1n) is 6.25. The average Bonchev–Trinajstić information content (AvgIpc) is 2.95. The highest BCUT2D eigenvalue weighted by Crippen LogP contribution is 2.33. The van der Waals surface area contributed by atoms with Crippen LogP contribution in [0.15, 0.2) is 5.38 Å². The zero-order valence-corrected chi connectivity index (χ0v) is 11.4. The standard InChI is InChI=1S/C12H15F3N2OS/c1-2-4-10-16-8(7-19-10)11(18)17-6-3-5-9(17)12(13,14)15/h7,9H,2-6H2,1H3/t9-/m0/s1. The number of thiazole rings is 1. The molecule has 1 fully saturated rings. The second-order valence-corrected chi connectivity index (χ2v) is 5.52. The number of amides is 1. The first-order chi connectivity index (χ1) is 8.93.